The van der Waals surface area contributed by atoms with E-state index >= 15 is 0 Å². The molecule has 134 valence electrons. The molecule has 1 saturated heterocycles. The molecule has 1 aliphatic heterocycles. The molecule has 1 aromatic carbocycles. The van der Waals surface area contributed by atoms with Crippen LogP contribution in [0.1, 0.15) is 45.2 Å². The number of benzene rings is 1. The minimum atomic E-state index is -1.01. The molecule has 1 fully saturated rings. The Morgan fingerprint density at radius 3 is 2.48 bits per heavy atom. The maximum atomic E-state index is 13.1. The summed E-state index contributed by atoms with van der Waals surface area (Å²) in [5.74, 6) is -0.528. The molecule has 1 spiro atoms. The highest BCUT2D eigenvalue weighted by molar-refractivity contribution is 6.09. The number of hydrogen-bond acceptors (Lipinski definition) is 3. The number of fused-ring (bicyclic) bond motifs is 2. The van der Waals surface area contributed by atoms with E-state index in [2.05, 4.69) is 5.32 Å². The topological polar surface area (TPSA) is 69.7 Å². The largest absolute Gasteiger partial charge is 0.336 e. The number of nitrogens with one attached hydrogen (secondary N) is 1. The Hall–Kier alpha value is -2.37. The fourth-order valence-electron chi connectivity index (χ4n) is 4.12. The second-order valence-corrected chi connectivity index (χ2v) is 7.37. The molecule has 1 N–H and O–H groups in total. The van der Waals surface area contributed by atoms with E-state index in [9.17, 15) is 14.4 Å². The molecular formula is C19H25N3O3. The van der Waals surface area contributed by atoms with Crippen LogP contribution in [0, 0.1) is 0 Å². The van der Waals surface area contributed by atoms with Crippen molar-refractivity contribution in [2.45, 2.75) is 58.2 Å². The van der Waals surface area contributed by atoms with Gasteiger partial charge in [-0.2, -0.15) is 0 Å². The molecular weight excluding hydrogens is 318 g/mol. The summed E-state index contributed by atoms with van der Waals surface area (Å²) in [6.45, 7) is 7.50. The van der Waals surface area contributed by atoms with E-state index in [-0.39, 0.29) is 30.4 Å². The van der Waals surface area contributed by atoms with Crippen LogP contribution in [0.15, 0.2) is 24.3 Å². The third-order valence-electron chi connectivity index (χ3n) is 5.12. The highest BCUT2D eigenvalue weighted by atomic mass is 16.2. The maximum absolute atomic E-state index is 13.1. The summed E-state index contributed by atoms with van der Waals surface area (Å²) in [4.78, 5) is 41.0. The van der Waals surface area contributed by atoms with Crippen LogP contribution in [0.3, 0.4) is 0 Å². The number of nitrogens with zero attached hydrogens (tertiary/aromatic N) is 2. The molecule has 3 rings (SSSR count). The van der Waals surface area contributed by atoms with E-state index in [0.29, 0.717) is 6.42 Å². The summed E-state index contributed by atoms with van der Waals surface area (Å²) >= 11 is 0. The number of imide groups is 1. The van der Waals surface area contributed by atoms with Gasteiger partial charge in [-0.3, -0.25) is 14.5 Å². The van der Waals surface area contributed by atoms with Crippen LogP contribution < -0.4 is 5.32 Å². The first kappa shape index (κ1) is 17.5. The number of amides is 4. The predicted molar refractivity (Wildman–Crippen MR) is 93.8 cm³/mol. The molecule has 0 unspecified atom stereocenters. The molecule has 6 heteroatoms. The summed E-state index contributed by atoms with van der Waals surface area (Å²) in [5, 5.41) is 2.85. The van der Waals surface area contributed by atoms with Gasteiger partial charge in [0, 0.05) is 12.1 Å². The number of carbonyl (C=O) groups excluding carboxylic acids is 3. The highest BCUT2D eigenvalue weighted by Crippen LogP contribution is 2.41. The Labute approximate surface area is 148 Å². The first-order valence-electron chi connectivity index (χ1n) is 8.81. The second-order valence-electron chi connectivity index (χ2n) is 7.37. The number of hydrogen-bond donors (Lipinski definition) is 1. The Bertz CT molecular complexity index is 720. The van der Waals surface area contributed by atoms with Gasteiger partial charge >= 0.3 is 6.03 Å². The Morgan fingerprint density at radius 1 is 1.20 bits per heavy atom. The average Bonchev–Trinajstić information content (AvgIpc) is 3.01. The van der Waals surface area contributed by atoms with Gasteiger partial charge in [-0.25, -0.2) is 4.79 Å². The molecule has 0 radical (unpaired) electrons. The fourth-order valence-corrected chi connectivity index (χ4v) is 4.12. The monoisotopic (exact) mass is 343 g/mol. The van der Waals surface area contributed by atoms with Crippen LogP contribution in [-0.2, 0) is 21.5 Å². The van der Waals surface area contributed by atoms with Crippen molar-refractivity contribution in [2.75, 3.05) is 6.54 Å². The minimum absolute atomic E-state index is 0.00873. The molecule has 0 bridgehead atoms. The van der Waals surface area contributed by atoms with Crippen LogP contribution in [0.5, 0.6) is 0 Å². The van der Waals surface area contributed by atoms with Crippen LogP contribution in [-0.4, -0.2) is 46.3 Å². The summed E-state index contributed by atoms with van der Waals surface area (Å²) < 4.78 is 0. The van der Waals surface area contributed by atoms with E-state index in [1.807, 2.05) is 52.0 Å². The summed E-state index contributed by atoms with van der Waals surface area (Å²) in [6, 6.07) is 7.21. The van der Waals surface area contributed by atoms with E-state index < -0.39 is 11.6 Å². The van der Waals surface area contributed by atoms with Crippen molar-refractivity contribution < 1.29 is 14.4 Å². The second kappa shape index (κ2) is 6.17. The van der Waals surface area contributed by atoms with Crippen molar-refractivity contribution in [3.63, 3.8) is 0 Å². The van der Waals surface area contributed by atoms with Gasteiger partial charge in [0.15, 0.2) is 0 Å². The van der Waals surface area contributed by atoms with E-state index in [1.54, 1.807) is 4.90 Å². The van der Waals surface area contributed by atoms with Crippen LogP contribution in [0.2, 0.25) is 0 Å². The van der Waals surface area contributed by atoms with Gasteiger partial charge in [-0.05, 0) is 51.7 Å². The van der Waals surface area contributed by atoms with Gasteiger partial charge in [0.05, 0.1) is 0 Å². The quantitative estimate of drug-likeness (QED) is 0.851. The SMILES string of the molecule is CC(C)N(C(=O)CN1C(=O)N[C@]2(CCc3ccccc32)C1=O)C(C)C. The Morgan fingerprint density at radius 2 is 1.84 bits per heavy atom. The lowest BCUT2D eigenvalue weighted by atomic mass is 9.92. The third-order valence-corrected chi connectivity index (χ3v) is 5.12. The lowest BCUT2D eigenvalue weighted by Crippen LogP contribution is -2.49. The van der Waals surface area contributed by atoms with Crippen molar-refractivity contribution in [1.29, 1.82) is 0 Å². The van der Waals surface area contributed by atoms with Crippen molar-refractivity contribution in [1.82, 2.24) is 15.1 Å². The third kappa shape index (κ3) is 2.69. The zero-order valence-electron chi connectivity index (χ0n) is 15.2. The predicted octanol–water partition coefficient (Wildman–Crippen LogP) is 2.03. The van der Waals surface area contributed by atoms with E-state index in [1.165, 1.54) is 0 Å². The molecule has 1 heterocycles. The van der Waals surface area contributed by atoms with Gasteiger partial charge in [-0.1, -0.05) is 24.3 Å². The summed E-state index contributed by atoms with van der Waals surface area (Å²) in [5.41, 5.74) is 0.928. The highest BCUT2D eigenvalue weighted by Gasteiger charge is 2.55. The minimum Gasteiger partial charge on any atom is -0.336 e. The Kier molecular flexibility index (Phi) is 4.31. The van der Waals surface area contributed by atoms with E-state index in [0.717, 1.165) is 22.4 Å². The number of aryl methyl sites for hydroxylation is 1. The lowest BCUT2D eigenvalue weighted by Gasteiger charge is -2.32. The molecule has 1 atom stereocenters. The van der Waals surface area contributed by atoms with Crippen LogP contribution in [0.4, 0.5) is 4.79 Å². The summed E-state index contributed by atoms with van der Waals surface area (Å²) in [6.07, 6.45) is 1.29. The summed E-state index contributed by atoms with van der Waals surface area (Å²) in [7, 11) is 0. The molecule has 25 heavy (non-hydrogen) atoms. The normalized spacial score (nSPS) is 22.1. The van der Waals surface area contributed by atoms with Gasteiger partial charge in [-0.15, -0.1) is 0 Å². The zero-order chi connectivity index (χ0) is 18.4. The molecule has 1 aliphatic carbocycles. The van der Waals surface area contributed by atoms with Gasteiger partial charge in [0.2, 0.25) is 5.91 Å². The van der Waals surface area contributed by atoms with Crippen molar-refractivity contribution in [3.05, 3.63) is 35.4 Å². The van der Waals surface area contributed by atoms with Gasteiger partial charge in [0.1, 0.15) is 12.1 Å². The average molecular weight is 343 g/mol. The van der Waals surface area contributed by atoms with Gasteiger partial charge in [0.25, 0.3) is 5.91 Å². The smallest absolute Gasteiger partial charge is 0.325 e. The standard InChI is InChI=1S/C19H25N3O3/c1-12(2)22(13(3)4)16(23)11-21-17(24)19(20-18(21)25)10-9-14-7-5-6-8-15(14)19/h5-8,12-13H,9-11H2,1-4H3,(H,20,25)/t19-/m0/s1. The first-order valence-corrected chi connectivity index (χ1v) is 8.81. The Balaban J connectivity index is 1.85. The van der Waals surface area contributed by atoms with Crippen molar-refractivity contribution in [2.24, 2.45) is 0 Å². The van der Waals surface area contributed by atoms with Crippen LogP contribution in [0.25, 0.3) is 0 Å². The van der Waals surface area contributed by atoms with E-state index in [4.69, 9.17) is 0 Å². The lowest BCUT2D eigenvalue weighted by molar-refractivity contribution is -0.141. The number of urea groups is 1. The first-order chi connectivity index (χ1) is 11.8. The number of rotatable bonds is 4. The molecule has 0 saturated carbocycles. The van der Waals surface area contributed by atoms with Crippen molar-refractivity contribution >= 4 is 17.8 Å². The zero-order valence-corrected chi connectivity index (χ0v) is 15.2. The molecule has 2 aliphatic rings. The molecule has 0 aromatic heterocycles. The van der Waals surface area contributed by atoms with Crippen molar-refractivity contribution in [3.8, 4) is 0 Å². The van der Waals surface area contributed by atoms with Crippen LogP contribution >= 0.6 is 0 Å². The molecule has 1 aromatic rings. The van der Waals surface area contributed by atoms with Gasteiger partial charge < -0.3 is 10.2 Å². The molecule has 4 amide bonds. The maximum Gasteiger partial charge on any atom is 0.325 e. The fraction of sp³-hybridized carbons (Fsp3) is 0.526. The number of carbonyl (C=O) groups is 3. The molecule has 6 nitrogen and oxygen atoms in total.